The SMILES string of the molecule is C[C@H]1CC[C@@H]2[C@@H]1COC(=O)[C@@H]2C. The first-order chi connectivity index (χ1) is 5.70. The summed E-state index contributed by atoms with van der Waals surface area (Å²) >= 11 is 0. The molecule has 1 saturated heterocycles. The molecule has 1 saturated carbocycles. The summed E-state index contributed by atoms with van der Waals surface area (Å²) in [4.78, 5) is 11.2. The summed E-state index contributed by atoms with van der Waals surface area (Å²) in [5.41, 5.74) is 0. The van der Waals surface area contributed by atoms with Gasteiger partial charge in [-0.05, 0) is 24.2 Å². The van der Waals surface area contributed by atoms with Gasteiger partial charge >= 0.3 is 5.97 Å². The monoisotopic (exact) mass is 168 g/mol. The molecule has 2 rings (SSSR count). The lowest BCUT2D eigenvalue weighted by Gasteiger charge is -2.31. The average molecular weight is 168 g/mol. The van der Waals surface area contributed by atoms with Crippen molar-refractivity contribution >= 4 is 5.97 Å². The number of hydrogen-bond acceptors (Lipinski definition) is 2. The summed E-state index contributed by atoms with van der Waals surface area (Å²) in [5.74, 6) is 2.18. The summed E-state index contributed by atoms with van der Waals surface area (Å²) < 4.78 is 5.14. The molecule has 0 aromatic rings. The van der Waals surface area contributed by atoms with E-state index in [1.807, 2.05) is 6.92 Å². The molecule has 1 aliphatic carbocycles. The molecule has 2 fully saturated rings. The van der Waals surface area contributed by atoms with Crippen LogP contribution in [0.15, 0.2) is 0 Å². The molecule has 4 atom stereocenters. The topological polar surface area (TPSA) is 26.3 Å². The quantitative estimate of drug-likeness (QED) is 0.516. The molecule has 0 spiro atoms. The number of cyclic esters (lactones) is 1. The molecule has 0 N–H and O–H groups in total. The lowest BCUT2D eigenvalue weighted by atomic mass is 9.81. The van der Waals surface area contributed by atoms with Crippen LogP contribution in [0.2, 0.25) is 0 Å². The minimum Gasteiger partial charge on any atom is -0.465 e. The number of rotatable bonds is 0. The van der Waals surface area contributed by atoms with Crippen molar-refractivity contribution in [2.45, 2.75) is 26.7 Å². The molecule has 1 aliphatic heterocycles. The summed E-state index contributed by atoms with van der Waals surface area (Å²) in [6.07, 6.45) is 2.50. The van der Waals surface area contributed by atoms with Crippen LogP contribution in [0, 0.1) is 23.7 Å². The molecular weight excluding hydrogens is 152 g/mol. The molecule has 0 unspecified atom stereocenters. The van der Waals surface area contributed by atoms with Gasteiger partial charge in [-0.3, -0.25) is 4.79 Å². The Bertz CT molecular complexity index is 200. The third kappa shape index (κ3) is 1.05. The predicted molar refractivity (Wildman–Crippen MR) is 45.5 cm³/mol. The number of carbonyl (C=O) groups is 1. The highest BCUT2D eigenvalue weighted by Crippen LogP contribution is 2.43. The Morgan fingerprint density at radius 1 is 1.25 bits per heavy atom. The third-order valence-corrected chi connectivity index (χ3v) is 3.67. The second-order valence-corrected chi connectivity index (χ2v) is 4.30. The van der Waals surface area contributed by atoms with Crippen LogP contribution in [0.4, 0.5) is 0 Å². The van der Waals surface area contributed by atoms with Crippen molar-refractivity contribution < 1.29 is 9.53 Å². The fourth-order valence-corrected chi connectivity index (χ4v) is 2.70. The normalized spacial score (nSPS) is 47.0. The fourth-order valence-electron chi connectivity index (χ4n) is 2.70. The van der Waals surface area contributed by atoms with Gasteiger partial charge in [-0.15, -0.1) is 0 Å². The van der Waals surface area contributed by atoms with Gasteiger partial charge in [0, 0.05) is 0 Å². The Morgan fingerprint density at radius 2 is 2.00 bits per heavy atom. The van der Waals surface area contributed by atoms with Crippen molar-refractivity contribution in [1.82, 2.24) is 0 Å². The van der Waals surface area contributed by atoms with Gasteiger partial charge in [0.15, 0.2) is 0 Å². The van der Waals surface area contributed by atoms with Crippen molar-refractivity contribution in [1.29, 1.82) is 0 Å². The van der Waals surface area contributed by atoms with Crippen LogP contribution in [-0.2, 0) is 9.53 Å². The van der Waals surface area contributed by atoms with E-state index in [2.05, 4.69) is 6.92 Å². The number of fused-ring (bicyclic) bond motifs is 1. The fraction of sp³-hybridized carbons (Fsp3) is 0.900. The highest BCUT2D eigenvalue weighted by atomic mass is 16.5. The number of carbonyl (C=O) groups excluding carboxylic acids is 1. The second kappa shape index (κ2) is 2.75. The van der Waals surface area contributed by atoms with Crippen molar-refractivity contribution in [3.63, 3.8) is 0 Å². The van der Waals surface area contributed by atoms with Gasteiger partial charge in [0.05, 0.1) is 12.5 Å². The first kappa shape index (κ1) is 8.09. The maximum absolute atomic E-state index is 11.2. The van der Waals surface area contributed by atoms with Crippen LogP contribution in [0.1, 0.15) is 26.7 Å². The molecule has 2 aliphatic rings. The van der Waals surface area contributed by atoms with E-state index in [1.165, 1.54) is 12.8 Å². The molecule has 0 aromatic heterocycles. The van der Waals surface area contributed by atoms with Crippen LogP contribution in [0.25, 0.3) is 0 Å². The van der Waals surface area contributed by atoms with Gasteiger partial charge in [-0.2, -0.15) is 0 Å². The zero-order valence-electron chi connectivity index (χ0n) is 7.75. The highest BCUT2D eigenvalue weighted by Gasteiger charge is 2.43. The first-order valence-corrected chi connectivity index (χ1v) is 4.87. The zero-order chi connectivity index (χ0) is 8.72. The van der Waals surface area contributed by atoms with E-state index in [1.54, 1.807) is 0 Å². The molecule has 0 radical (unpaired) electrons. The Hall–Kier alpha value is -0.530. The van der Waals surface area contributed by atoms with E-state index < -0.39 is 0 Å². The van der Waals surface area contributed by atoms with Gasteiger partial charge in [0.2, 0.25) is 0 Å². The number of esters is 1. The second-order valence-electron chi connectivity index (χ2n) is 4.30. The van der Waals surface area contributed by atoms with Crippen LogP contribution in [-0.4, -0.2) is 12.6 Å². The third-order valence-electron chi connectivity index (χ3n) is 3.67. The maximum Gasteiger partial charge on any atom is 0.308 e. The van der Waals surface area contributed by atoms with Crippen molar-refractivity contribution in [3.05, 3.63) is 0 Å². The molecule has 0 aromatic carbocycles. The van der Waals surface area contributed by atoms with Crippen LogP contribution in [0.3, 0.4) is 0 Å². The van der Waals surface area contributed by atoms with Crippen molar-refractivity contribution in [3.8, 4) is 0 Å². The molecule has 68 valence electrons. The van der Waals surface area contributed by atoms with Crippen molar-refractivity contribution in [2.75, 3.05) is 6.61 Å². The molecule has 2 nitrogen and oxygen atoms in total. The molecule has 1 heterocycles. The molecule has 12 heavy (non-hydrogen) atoms. The van der Waals surface area contributed by atoms with E-state index in [-0.39, 0.29) is 11.9 Å². The van der Waals surface area contributed by atoms with Gasteiger partial charge in [-0.1, -0.05) is 20.3 Å². The predicted octanol–water partition coefficient (Wildman–Crippen LogP) is 1.84. The number of hydrogen-bond donors (Lipinski definition) is 0. The van der Waals surface area contributed by atoms with E-state index in [0.717, 1.165) is 5.92 Å². The van der Waals surface area contributed by atoms with E-state index in [9.17, 15) is 4.79 Å². The molecule has 0 bridgehead atoms. The zero-order valence-corrected chi connectivity index (χ0v) is 7.75. The van der Waals surface area contributed by atoms with Crippen LogP contribution < -0.4 is 0 Å². The minimum atomic E-state index is 0.0188. The highest BCUT2D eigenvalue weighted by molar-refractivity contribution is 5.73. The Labute approximate surface area is 73.3 Å². The van der Waals surface area contributed by atoms with E-state index >= 15 is 0 Å². The summed E-state index contributed by atoms with van der Waals surface area (Å²) in [7, 11) is 0. The molecule has 0 amide bonds. The summed E-state index contributed by atoms with van der Waals surface area (Å²) in [6, 6.07) is 0. The average Bonchev–Trinajstić information content (AvgIpc) is 2.41. The van der Waals surface area contributed by atoms with E-state index in [0.29, 0.717) is 18.4 Å². The lowest BCUT2D eigenvalue weighted by molar-refractivity contribution is -0.159. The Morgan fingerprint density at radius 3 is 2.75 bits per heavy atom. The molecular formula is C10H16O2. The van der Waals surface area contributed by atoms with E-state index in [4.69, 9.17) is 4.74 Å². The lowest BCUT2D eigenvalue weighted by Crippen LogP contribution is -2.36. The first-order valence-electron chi connectivity index (χ1n) is 4.87. The van der Waals surface area contributed by atoms with Gasteiger partial charge in [0.25, 0.3) is 0 Å². The maximum atomic E-state index is 11.2. The summed E-state index contributed by atoms with van der Waals surface area (Å²) in [6.45, 7) is 4.96. The van der Waals surface area contributed by atoms with Crippen LogP contribution in [0.5, 0.6) is 0 Å². The minimum absolute atomic E-state index is 0.0188. The number of ether oxygens (including phenoxy) is 1. The van der Waals surface area contributed by atoms with Gasteiger partial charge in [0.1, 0.15) is 0 Å². The standard InChI is InChI=1S/C10H16O2/c1-6-3-4-8-7(2)10(11)12-5-9(6)8/h6-9H,3-5H2,1-2H3/t6-,7+,8-,9+/m0/s1. The Kier molecular flexibility index (Phi) is 1.85. The van der Waals surface area contributed by atoms with Gasteiger partial charge in [-0.25, -0.2) is 0 Å². The molecule has 2 heteroatoms. The van der Waals surface area contributed by atoms with Gasteiger partial charge < -0.3 is 4.74 Å². The largest absolute Gasteiger partial charge is 0.465 e. The Balaban J connectivity index is 2.14. The van der Waals surface area contributed by atoms with Crippen molar-refractivity contribution in [2.24, 2.45) is 23.7 Å². The smallest absolute Gasteiger partial charge is 0.308 e. The summed E-state index contributed by atoms with van der Waals surface area (Å²) in [5, 5.41) is 0. The van der Waals surface area contributed by atoms with Crippen LogP contribution >= 0.6 is 0 Å².